The summed E-state index contributed by atoms with van der Waals surface area (Å²) in [6.45, 7) is 2.61. The van der Waals surface area contributed by atoms with Gasteiger partial charge < -0.3 is 15.4 Å². The second-order valence-corrected chi connectivity index (χ2v) is 5.29. The molecular formula is C12H21N3OS. The van der Waals surface area contributed by atoms with E-state index in [-0.39, 0.29) is 0 Å². The molecule has 0 amide bonds. The molecule has 1 aromatic heterocycles. The zero-order valence-electron chi connectivity index (χ0n) is 10.6. The first-order valence-electron chi connectivity index (χ1n) is 6.34. The number of aromatic nitrogens is 1. The molecule has 4 nitrogen and oxygen atoms in total. The lowest BCUT2D eigenvalue weighted by atomic mass is 9.95. The maximum Gasteiger partial charge on any atom is 0.197 e. The monoisotopic (exact) mass is 255 g/mol. The number of anilines is 2. The number of rotatable bonds is 4. The molecule has 2 rings (SSSR count). The van der Waals surface area contributed by atoms with Crippen molar-refractivity contribution in [1.29, 1.82) is 0 Å². The van der Waals surface area contributed by atoms with Gasteiger partial charge in [0.1, 0.15) is 0 Å². The van der Waals surface area contributed by atoms with E-state index in [1.807, 2.05) is 6.92 Å². The molecule has 0 spiro atoms. The van der Waals surface area contributed by atoms with Gasteiger partial charge in [0.05, 0.1) is 6.61 Å². The van der Waals surface area contributed by atoms with Crippen molar-refractivity contribution >= 4 is 22.4 Å². The highest BCUT2D eigenvalue weighted by atomic mass is 32.1. The second-order valence-electron chi connectivity index (χ2n) is 4.54. The van der Waals surface area contributed by atoms with E-state index in [0.717, 1.165) is 10.8 Å². The molecule has 1 aromatic rings. The van der Waals surface area contributed by atoms with Gasteiger partial charge in [-0.25, -0.2) is 0 Å². The largest absolute Gasteiger partial charge is 0.487 e. The van der Waals surface area contributed by atoms with E-state index in [1.54, 1.807) is 0 Å². The Morgan fingerprint density at radius 1 is 1.41 bits per heavy atom. The van der Waals surface area contributed by atoms with Crippen molar-refractivity contribution in [3.8, 4) is 5.75 Å². The Balaban J connectivity index is 2.14. The van der Waals surface area contributed by atoms with Crippen molar-refractivity contribution in [2.24, 2.45) is 0 Å². The fourth-order valence-electron chi connectivity index (χ4n) is 2.42. The van der Waals surface area contributed by atoms with Gasteiger partial charge in [-0.1, -0.05) is 19.3 Å². The van der Waals surface area contributed by atoms with Crippen LogP contribution in [0.3, 0.4) is 0 Å². The van der Waals surface area contributed by atoms with Crippen LogP contribution < -0.4 is 15.4 Å². The molecule has 0 aromatic carbocycles. The average Bonchev–Trinajstić information content (AvgIpc) is 2.72. The molecule has 1 saturated carbocycles. The van der Waals surface area contributed by atoms with Crippen LogP contribution in [0.2, 0.25) is 0 Å². The van der Waals surface area contributed by atoms with Gasteiger partial charge in [-0.3, -0.25) is 0 Å². The summed E-state index contributed by atoms with van der Waals surface area (Å²) in [7, 11) is 2.13. The molecule has 5 heteroatoms. The van der Waals surface area contributed by atoms with E-state index >= 15 is 0 Å². The third kappa shape index (κ3) is 2.65. The van der Waals surface area contributed by atoms with E-state index in [2.05, 4.69) is 16.3 Å². The molecule has 2 N–H and O–H groups in total. The number of ether oxygens (including phenoxy) is 1. The molecule has 96 valence electrons. The maximum absolute atomic E-state index is 5.84. The minimum absolute atomic E-state index is 0.523. The van der Waals surface area contributed by atoms with Crippen molar-refractivity contribution in [3.05, 3.63) is 0 Å². The maximum atomic E-state index is 5.84. The summed E-state index contributed by atoms with van der Waals surface area (Å²) in [5.74, 6) is 1.29. The number of nitrogens with zero attached hydrogens (tertiary/aromatic N) is 2. The van der Waals surface area contributed by atoms with Crippen LogP contribution in [0, 0.1) is 0 Å². The highest BCUT2D eigenvalue weighted by Crippen LogP contribution is 2.40. The highest BCUT2D eigenvalue weighted by Gasteiger charge is 2.24. The molecule has 0 aliphatic heterocycles. The Morgan fingerprint density at radius 3 is 2.76 bits per heavy atom. The summed E-state index contributed by atoms with van der Waals surface area (Å²) in [6.07, 6.45) is 6.55. The zero-order valence-corrected chi connectivity index (χ0v) is 11.4. The molecule has 1 heterocycles. The fraction of sp³-hybridized carbons (Fsp3) is 0.750. The minimum Gasteiger partial charge on any atom is -0.487 e. The van der Waals surface area contributed by atoms with Crippen LogP contribution in [0.25, 0.3) is 0 Å². The van der Waals surface area contributed by atoms with E-state index in [1.165, 1.54) is 43.6 Å². The van der Waals surface area contributed by atoms with Crippen molar-refractivity contribution in [3.63, 3.8) is 0 Å². The van der Waals surface area contributed by atoms with Crippen LogP contribution in [-0.2, 0) is 0 Å². The smallest absolute Gasteiger partial charge is 0.197 e. The van der Waals surface area contributed by atoms with E-state index in [0.29, 0.717) is 18.5 Å². The molecule has 1 fully saturated rings. The number of hydrogen-bond donors (Lipinski definition) is 1. The van der Waals surface area contributed by atoms with Gasteiger partial charge >= 0.3 is 0 Å². The quantitative estimate of drug-likeness (QED) is 0.898. The SMILES string of the molecule is CCOc1c(N)nsc1N(C)C1CCCCC1. The summed E-state index contributed by atoms with van der Waals surface area (Å²) in [5.41, 5.74) is 5.84. The van der Waals surface area contributed by atoms with Gasteiger partial charge in [0.15, 0.2) is 16.6 Å². The lowest BCUT2D eigenvalue weighted by molar-refractivity contribution is 0.341. The molecule has 0 unspecified atom stereocenters. The highest BCUT2D eigenvalue weighted by molar-refractivity contribution is 7.11. The van der Waals surface area contributed by atoms with Crippen LogP contribution in [0.4, 0.5) is 10.8 Å². The first-order valence-corrected chi connectivity index (χ1v) is 7.12. The van der Waals surface area contributed by atoms with Gasteiger partial charge in [0.2, 0.25) is 0 Å². The van der Waals surface area contributed by atoms with E-state index in [4.69, 9.17) is 10.5 Å². The lowest BCUT2D eigenvalue weighted by Crippen LogP contribution is -2.33. The Labute approximate surface area is 107 Å². The Kier molecular flexibility index (Phi) is 4.10. The average molecular weight is 255 g/mol. The standard InChI is InChI=1S/C12H21N3OS/c1-3-16-10-11(13)14-17-12(10)15(2)9-7-5-4-6-8-9/h9H,3-8H2,1-2H3,(H2,13,14). The van der Waals surface area contributed by atoms with Gasteiger partial charge in [-0.2, -0.15) is 4.37 Å². The van der Waals surface area contributed by atoms with E-state index < -0.39 is 0 Å². The summed E-state index contributed by atoms with van der Waals surface area (Å²) in [4.78, 5) is 2.30. The third-order valence-corrected chi connectivity index (χ3v) is 4.32. The van der Waals surface area contributed by atoms with E-state index in [9.17, 15) is 0 Å². The molecule has 17 heavy (non-hydrogen) atoms. The first kappa shape index (κ1) is 12.5. The Bertz CT molecular complexity index is 361. The zero-order chi connectivity index (χ0) is 12.3. The van der Waals surface area contributed by atoms with Crippen LogP contribution in [-0.4, -0.2) is 24.1 Å². The second kappa shape index (κ2) is 5.58. The topological polar surface area (TPSA) is 51.4 Å². The van der Waals surface area contributed by atoms with Crippen molar-refractivity contribution in [2.75, 3.05) is 24.3 Å². The van der Waals surface area contributed by atoms with Crippen LogP contribution in [0.15, 0.2) is 0 Å². The molecule has 1 aliphatic carbocycles. The number of hydrogen-bond acceptors (Lipinski definition) is 5. The molecule has 1 aliphatic rings. The van der Waals surface area contributed by atoms with Gasteiger partial charge in [-0.15, -0.1) is 0 Å². The van der Waals surface area contributed by atoms with Gasteiger partial charge in [-0.05, 0) is 31.3 Å². The van der Waals surface area contributed by atoms with Crippen LogP contribution >= 0.6 is 11.5 Å². The minimum atomic E-state index is 0.523. The van der Waals surface area contributed by atoms with Crippen molar-refractivity contribution in [2.45, 2.75) is 45.1 Å². The summed E-state index contributed by atoms with van der Waals surface area (Å²) in [5, 5.41) is 1.08. The van der Waals surface area contributed by atoms with Crippen LogP contribution in [0.1, 0.15) is 39.0 Å². The summed E-state index contributed by atoms with van der Waals surface area (Å²) in [6, 6.07) is 0.614. The molecule has 0 atom stereocenters. The number of nitrogen functional groups attached to an aromatic ring is 1. The van der Waals surface area contributed by atoms with Gasteiger partial charge in [0.25, 0.3) is 0 Å². The molecule has 0 bridgehead atoms. The fourth-order valence-corrected chi connectivity index (χ4v) is 3.22. The van der Waals surface area contributed by atoms with Crippen molar-refractivity contribution in [1.82, 2.24) is 4.37 Å². The molecular weight excluding hydrogens is 234 g/mol. The van der Waals surface area contributed by atoms with Crippen molar-refractivity contribution < 1.29 is 4.74 Å². The summed E-state index contributed by atoms with van der Waals surface area (Å²) >= 11 is 1.44. The third-order valence-electron chi connectivity index (χ3n) is 3.39. The van der Waals surface area contributed by atoms with Crippen LogP contribution in [0.5, 0.6) is 5.75 Å². The lowest BCUT2D eigenvalue weighted by Gasteiger charge is -2.31. The van der Waals surface area contributed by atoms with Gasteiger partial charge in [0, 0.05) is 13.1 Å². The normalized spacial score (nSPS) is 17.1. The number of nitrogens with two attached hydrogens (primary N) is 1. The molecule has 0 saturated heterocycles. The Hall–Kier alpha value is -0.970. The predicted molar refractivity (Wildman–Crippen MR) is 73.0 cm³/mol. The summed E-state index contributed by atoms with van der Waals surface area (Å²) < 4.78 is 9.80. The predicted octanol–water partition coefficient (Wildman–Crippen LogP) is 2.89. The first-order chi connectivity index (χ1) is 8.24. The molecule has 0 radical (unpaired) electrons. The Morgan fingerprint density at radius 2 is 2.12 bits per heavy atom.